The number of halogens is 3. The number of esters is 1. The lowest BCUT2D eigenvalue weighted by molar-refractivity contribution is -0.152. The van der Waals surface area contributed by atoms with Crippen molar-refractivity contribution in [2.24, 2.45) is 5.73 Å². The fourth-order valence-electron chi connectivity index (χ4n) is 5.58. The van der Waals surface area contributed by atoms with E-state index in [1.54, 1.807) is 0 Å². The largest absolute Gasteiger partial charge is 0.443 e. The third kappa shape index (κ3) is 3.56. The van der Waals surface area contributed by atoms with Crippen molar-refractivity contribution in [1.29, 1.82) is 0 Å². The van der Waals surface area contributed by atoms with Crippen LogP contribution in [0.5, 0.6) is 0 Å². The number of nitrogens with zero attached hydrogens (tertiary/aromatic N) is 1. The zero-order valence-corrected chi connectivity index (χ0v) is 20.4. The van der Waals surface area contributed by atoms with Crippen molar-refractivity contribution < 1.29 is 9.53 Å². The first kappa shape index (κ1) is 22.7. The zero-order chi connectivity index (χ0) is 23.5. The second kappa shape index (κ2) is 8.00. The first-order valence-corrected chi connectivity index (χ1v) is 11.8. The monoisotopic (exact) mass is 500 g/mol. The van der Waals surface area contributed by atoms with Gasteiger partial charge in [0.2, 0.25) is 0 Å². The van der Waals surface area contributed by atoms with E-state index in [9.17, 15) is 4.79 Å². The Morgan fingerprint density at radius 3 is 2.03 bits per heavy atom. The highest BCUT2D eigenvalue weighted by Gasteiger charge is 2.68. The molecule has 2 saturated heterocycles. The number of ether oxygens (including phenoxy) is 1. The Hall–Kier alpha value is -2.08. The maximum Gasteiger partial charge on any atom is 0.325 e. The van der Waals surface area contributed by atoms with E-state index >= 15 is 0 Å². The molecule has 0 aliphatic carbocycles. The second-order valence-electron chi connectivity index (χ2n) is 9.15. The molecule has 4 nitrogen and oxygen atoms in total. The summed E-state index contributed by atoms with van der Waals surface area (Å²) < 4.78 is 5.87. The van der Waals surface area contributed by atoms with Crippen LogP contribution in [0.2, 0.25) is 15.1 Å². The van der Waals surface area contributed by atoms with Gasteiger partial charge in [0.05, 0.1) is 11.6 Å². The average molecular weight is 502 g/mol. The van der Waals surface area contributed by atoms with E-state index in [1.807, 2.05) is 86.6 Å². The highest BCUT2D eigenvalue weighted by atomic mass is 35.5. The van der Waals surface area contributed by atoms with Gasteiger partial charge in [-0.3, -0.25) is 4.79 Å². The van der Waals surface area contributed by atoms with Gasteiger partial charge in [0.1, 0.15) is 6.04 Å². The fourth-order valence-corrected chi connectivity index (χ4v) is 6.11. The summed E-state index contributed by atoms with van der Waals surface area (Å²) in [6.45, 7) is 3.79. The Morgan fingerprint density at radius 1 is 0.848 bits per heavy atom. The number of hydrogen-bond acceptors (Lipinski definition) is 4. The number of hydrogen-bond donors (Lipinski definition) is 1. The molecule has 3 aromatic carbocycles. The lowest BCUT2D eigenvalue weighted by atomic mass is 9.70. The molecule has 4 atom stereocenters. The Kier molecular flexibility index (Phi) is 5.50. The summed E-state index contributed by atoms with van der Waals surface area (Å²) >= 11 is 19.0. The Labute approximate surface area is 208 Å². The van der Waals surface area contributed by atoms with Crippen LogP contribution >= 0.6 is 34.8 Å². The maximum absolute atomic E-state index is 13.4. The summed E-state index contributed by atoms with van der Waals surface area (Å²) in [5.41, 5.74) is 8.22. The van der Waals surface area contributed by atoms with E-state index in [1.165, 1.54) is 0 Å². The molecule has 2 aliphatic heterocycles. The van der Waals surface area contributed by atoms with Crippen LogP contribution in [0.15, 0.2) is 72.8 Å². The second-order valence-corrected chi connectivity index (χ2v) is 10.5. The molecule has 2 aliphatic rings. The van der Waals surface area contributed by atoms with E-state index in [2.05, 4.69) is 4.90 Å². The highest BCUT2D eigenvalue weighted by Crippen LogP contribution is 2.61. The van der Waals surface area contributed by atoms with Crippen molar-refractivity contribution in [3.63, 3.8) is 0 Å². The van der Waals surface area contributed by atoms with Crippen molar-refractivity contribution in [3.05, 3.63) is 105 Å². The van der Waals surface area contributed by atoms with Gasteiger partial charge in [-0.2, -0.15) is 0 Å². The summed E-state index contributed by atoms with van der Waals surface area (Å²) in [7, 11) is 0. The molecule has 2 N–H and O–H groups in total. The number of carbonyl (C=O) groups is 1. The number of rotatable bonds is 3. The molecule has 0 aromatic heterocycles. The lowest BCUT2D eigenvalue weighted by Gasteiger charge is -2.42. The van der Waals surface area contributed by atoms with Gasteiger partial charge >= 0.3 is 5.97 Å². The SMILES string of the molecule is CC1(C)OC(=O)C2C(c3cccc(Cl)c3)C(N)(c3ccc(Cl)cc3)C(c3cccc(Cl)c3)N21. The van der Waals surface area contributed by atoms with Gasteiger partial charge in [0.15, 0.2) is 5.72 Å². The van der Waals surface area contributed by atoms with Crippen molar-refractivity contribution in [2.75, 3.05) is 0 Å². The quantitative estimate of drug-likeness (QED) is 0.428. The minimum Gasteiger partial charge on any atom is -0.443 e. The lowest BCUT2D eigenvalue weighted by Crippen LogP contribution is -2.50. The molecule has 0 spiro atoms. The summed E-state index contributed by atoms with van der Waals surface area (Å²) in [4.78, 5) is 15.4. The van der Waals surface area contributed by atoms with Crippen LogP contribution in [0.1, 0.15) is 42.5 Å². The third-order valence-electron chi connectivity index (χ3n) is 6.79. The molecule has 0 radical (unpaired) electrons. The molecule has 0 saturated carbocycles. The molecule has 0 bridgehead atoms. The predicted molar refractivity (Wildman–Crippen MR) is 132 cm³/mol. The molecule has 5 rings (SSSR count). The minimum absolute atomic E-state index is 0.307. The first-order chi connectivity index (χ1) is 15.6. The molecule has 33 heavy (non-hydrogen) atoms. The smallest absolute Gasteiger partial charge is 0.325 e. The van der Waals surface area contributed by atoms with Gasteiger partial charge in [0.25, 0.3) is 0 Å². The maximum atomic E-state index is 13.4. The summed E-state index contributed by atoms with van der Waals surface area (Å²) in [5, 5.41) is 1.78. The van der Waals surface area contributed by atoms with Gasteiger partial charge in [0, 0.05) is 21.0 Å². The molecule has 3 aromatic rings. The van der Waals surface area contributed by atoms with E-state index in [0.29, 0.717) is 15.1 Å². The number of cyclic esters (lactones) is 1. The Bertz CT molecular complexity index is 1230. The predicted octanol–water partition coefficient (Wildman–Crippen LogP) is 6.30. The number of carbonyl (C=O) groups excluding carboxylic acids is 1. The summed E-state index contributed by atoms with van der Waals surface area (Å²) in [6.07, 6.45) is 0. The highest BCUT2D eigenvalue weighted by molar-refractivity contribution is 6.31. The van der Waals surface area contributed by atoms with Crippen LogP contribution in [0.4, 0.5) is 0 Å². The van der Waals surface area contributed by atoms with Crippen molar-refractivity contribution in [1.82, 2.24) is 4.90 Å². The van der Waals surface area contributed by atoms with Gasteiger partial charge < -0.3 is 10.5 Å². The van der Waals surface area contributed by atoms with E-state index < -0.39 is 29.3 Å². The number of fused-ring (bicyclic) bond motifs is 1. The third-order valence-corrected chi connectivity index (χ3v) is 7.51. The number of nitrogens with two attached hydrogens (primary N) is 1. The molecule has 2 fully saturated rings. The molecule has 0 amide bonds. The molecule has 170 valence electrons. The molecular formula is C26H23Cl3N2O2. The van der Waals surface area contributed by atoms with Crippen molar-refractivity contribution >= 4 is 40.8 Å². The molecule has 2 heterocycles. The molecular weight excluding hydrogens is 479 g/mol. The van der Waals surface area contributed by atoms with E-state index in [4.69, 9.17) is 45.3 Å². The number of benzene rings is 3. The average Bonchev–Trinajstić information content (AvgIpc) is 3.17. The van der Waals surface area contributed by atoms with Crippen LogP contribution in [0.3, 0.4) is 0 Å². The van der Waals surface area contributed by atoms with Crippen LogP contribution < -0.4 is 5.73 Å². The van der Waals surface area contributed by atoms with Gasteiger partial charge in [-0.1, -0.05) is 71.2 Å². The summed E-state index contributed by atoms with van der Waals surface area (Å²) in [6, 6.07) is 21.6. The van der Waals surface area contributed by atoms with Crippen LogP contribution in [-0.2, 0) is 15.1 Å². The standard InChI is InChI=1S/C26H23Cl3N2O2/c1-25(2)31-22(24(32)33-25)21(15-5-3-7-19(28)13-15)26(30,17-9-11-18(27)12-10-17)23(31)16-6-4-8-20(29)14-16/h3-14,21-23H,30H2,1-2H3. The Balaban J connectivity index is 1.83. The zero-order valence-electron chi connectivity index (χ0n) is 18.1. The normalized spacial score (nSPS) is 28.5. The fraction of sp³-hybridized carbons (Fsp3) is 0.269. The summed E-state index contributed by atoms with van der Waals surface area (Å²) in [5.74, 6) is -0.742. The van der Waals surface area contributed by atoms with E-state index in [-0.39, 0.29) is 5.97 Å². The topological polar surface area (TPSA) is 55.6 Å². The van der Waals surface area contributed by atoms with Crippen LogP contribution in [0, 0.1) is 0 Å². The minimum atomic E-state index is -1.01. The van der Waals surface area contributed by atoms with Crippen LogP contribution in [-0.4, -0.2) is 22.6 Å². The van der Waals surface area contributed by atoms with Crippen molar-refractivity contribution in [2.45, 2.75) is 43.1 Å². The Morgan fingerprint density at radius 2 is 1.42 bits per heavy atom. The van der Waals surface area contributed by atoms with Gasteiger partial charge in [-0.15, -0.1) is 0 Å². The van der Waals surface area contributed by atoms with Crippen LogP contribution in [0.25, 0.3) is 0 Å². The molecule has 4 unspecified atom stereocenters. The van der Waals surface area contributed by atoms with Crippen molar-refractivity contribution in [3.8, 4) is 0 Å². The molecule has 7 heteroatoms. The first-order valence-electron chi connectivity index (χ1n) is 10.7. The van der Waals surface area contributed by atoms with Gasteiger partial charge in [-0.05, 0) is 66.9 Å². The van der Waals surface area contributed by atoms with E-state index in [0.717, 1.165) is 16.7 Å². The van der Waals surface area contributed by atoms with Gasteiger partial charge in [-0.25, -0.2) is 4.90 Å².